The number of hydrogen-bond acceptors (Lipinski definition) is 2. The highest BCUT2D eigenvalue weighted by atomic mass is 16.6. The van der Waals surface area contributed by atoms with Crippen LogP contribution in [-0.4, -0.2) is 11.6 Å². The monoisotopic (exact) mass is 252 g/mol. The van der Waals surface area contributed by atoms with Gasteiger partial charge in [0.2, 0.25) is 0 Å². The second kappa shape index (κ2) is 7.60. The van der Waals surface area contributed by atoms with E-state index < -0.39 is 0 Å². The van der Waals surface area contributed by atoms with Crippen LogP contribution in [0.15, 0.2) is 12.2 Å². The average Bonchev–Trinajstić information content (AvgIpc) is 2.55. The Morgan fingerprint density at radius 1 is 1.17 bits per heavy atom. The summed E-state index contributed by atoms with van der Waals surface area (Å²) < 4.78 is 5.83. The first-order chi connectivity index (χ1) is 8.59. The van der Waals surface area contributed by atoms with Crippen LogP contribution in [-0.2, 0) is 9.53 Å². The van der Waals surface area contributed by atoms with Crippen LogP contribution < -0.4 is 0 Å². The van der Waals surface area contributed by atoms with Crippen LogP contribution in [0.5, 0.6) is 0 Å². The fraction of sp³-hybridized carbons (Fsp3) is 0.812. The van der Waals surface area contributed by atoms with E-state index in [1.807, 2.05) is 0 Å². The lowest BCUT2D eigenvalue weighted by Crippen LogP contribution is -2.35. The van der Waals surface area contributed by atoms with E-state index >= 15 is 0 Å². The second-order valence-corrected chi connectivity index (χ2v) is 5.72. The minimum Gasteiger partial charge on any atom is -0.456 e. The minimum atomic E-state index is -0.201. The second-order valence-electron chi connectivity index (χ2n) is 5.72. The first-order valence-electron chi connectivity index (χ1n) is 7.48. The molecule has 1 aliphatic rings. The summed E-state index contributed by atoms with van der Waals surface area (Å²) in [6.45, 7) is 7.64. The van der Waals surface area contributed by atoms with Crippen molar-refractivity contribution in [2.75, 3.05) is 0 Å². The van der Waals surface area contributed by atoms with Crippen molar-refractivity contribution in [3.05, 3.63) is 12.2 Å². The highest BCUT2D eigenvalue weighted by molar-refractivity contribution is 5.87. The molecule has 0 aromatic rings. The molecule has 0 atom stereocenters. The van der Waals surface area contributed by atoms with Crippen molar-refractivity contribution < 1.29 is 9.53 Å². The normalized spacial score (nSPS) is 19.0. The topological polar surface area (TPSA) is 26.3 Å². The van der Waals surface area contributed by atoms with Crippen molar-refractivity contribution in [1.82, 2.24) is 0 Å². The Morgan fingerprint density at radius 3 is 2.28 bits per heavy atom. The summed E-state index contributed by atoms with van der Waals surface area (Å²) in [6.07, 6.45) is 11.6. The highest BCUT2D eigenvalue weighted by Crippen LogP contribution is 2.35. The van der Waals surface area contributed by atoms with Crippen LogP contribution in [0.1, 0.15) is 78.1 Å². The smallest absolute Gasteiger partial charge is 0.333 e. The van der Waals surface area contributed by atoms with Gasteiger partial charge in [-0.15, -0.1) is 0 Å². The molecule has 0 saturated heterocycles. The van der Waals surface area contributed by atoms with Gasteiger partial charge in [-0.05, 0) is 45.4 Å². The van der Waals surface area contributed by atoms with Crippen molar-refractivity contribution in [2.24, 2.45) is 0 Å². The van der Waals surface area contributed by atoms with E-state index in [1.54, 1.807) is 6.92 Å². The Kier molecular flexibility index (Phi) is 6.45. The lowest BCUT2D eigenvalue weighted by molar-refractivity contribution is -0.157. The SMILES string of the molecule is C=C(C)C(=O)OC1(CCCCC)CCCCCC1. The summed E-state index contributed by atoms with van der Waals surface area (Å²) >= 11 is 0. The Bertz CT molecular complexity index is 273. The maximum absolute atomic E-state index is 11.8. The first-order valence-corrected chi connectivity index (χ1v) is 7.48. The molecule has 0 unspecified atom stereocenters. The fourth-order valence-electron chi connectivity index (χ4n) is 2.76. The lowest BCUT2D eigenvalue weighted by Gasteiger charge is -2.33. The van der Waals surface area contributed by atoms with Gasteiger partial charge < -0.3 is 4.74 Å². The molecule has 0 spiro atoms. The van der Waals surface area contributed by atoms with Gasteiger partial charge in [0, 0.05) is 5.57 Å². The number of rotatable bonds is 6. The zero-order valence-electron chi connectivity index (χ0n) is 12.1. The molecule has 0 amide bonds. The predicted octanol–water partition coefficient (Wildman–Crippen LogP) is 4.78. The van der Waals surface area contributed by atoms with Gasteiger partial charge in [0.15, 0.2) is 0 Å². The van der Waals surface area contributed by atoms with Crippen LogP contribution in [0.4, 0.5) is 0 Å². The maximum atomic E-state index is 11.8. The molecule has 1 rings (SSSR count). The van der Waals surface area contributed by atoms with Gasteiger partial charge in [-0.25, -0.2) is 4.79 Å². The highest BCUT2D eigenvalue weighted by Gasteiger charge is 2.34. The zero-order chi connectivity index (χ0) is 13.4. The summed E-state index contributed by atoms with van der Waals surface area (Å²) in [5, 5.41) is 0. The van der Waals surface area contributed by atoms with Crippen molar-refractivity contribution in [3.8, 4) is 0 Å². The summed E-state index contributed by atoms with van der Waals surface area (Å²) in [4.78, 5) is 11.8. The molecule has 2 heteroatoms. The van der Waals surface area contributed by atoms with Crippen molar-refractivity contribution in [1.29, 1.82) is 0 Å². The first kappa shape index (κ1) is 15.3. The minimum absolute atomic E-state index is 0.193. The van der Waals surface area contributed by atoms with Crippen LogP contribution in [0.25, 0.3) is 0 Å². The molecule has 1 saturated carbocycles. The number of carbonyl (C=O) groups excluding carboxylic acids is 1. The van der Waals surface area contributed by atoms with Crippen molar-refractivity contribution in [2.45, 2.75) is 83.7 Å². The Balaban J connectivity index is 2.65. The fourth-order valence-corrected chi connectivity index (χ4v) is 2.76. The van der Waals surface area contributed by atoms with E-state index in [2.05, 4.69) is 13.5 Å². The van der Waals surface area contributed by atoms with Crippen LogP contribution >= 0.6 is 0 Å². The average molecular weight is 252 g/mol. The van der Waals surface area contributed by atoms with Gasteiger partial charge in [-0.2, -0.15) is 0 Å². The van der Waals surface area contributed by atoms with Gasteiger partial charge in [0.25, 0.3) is 0 Å². The summed E-state index contributed by atoms with van der Waals surface area (Å²) in [7, 11) is 0. The van der Waals surface area contributed by atoms with E-state index in [-0.39, 0.29) is 11.6 Å². The molecule has 0 heterocycles. The van der Waals surface area contributed by atoms with Gasteiger partial charge >= 0.3 is 5.97 Å². The third-order valence-corrected chi connectivity index (χ3v) is 3.91. The van der Waals surface area contributed by atoms with Gasteiger partial charge in [0.1, 0.15) is 5.60 Å². The quantitative estimate of drug-likeness (QED) is 0.294. The molecule has 0 aliphatic heterocycles. The van der Waals surface area contributed by atoms with Crippen molar-refractivity contribution >= 4 is 5.97 Å². The number of carbonyl (C=O) groups is 1. The molecule has 18 heavy (non-hydrogen) atoms. The van der Waals surface area contributed by atoms with Crippen molar-refractivity contribution in [3.63, 3.8) is 0 Å². The molecule has 2 nitrogen and oxygen atoms in total. The zero-order valence-corrected chi connectivity index (χ0v) is 12.1. The Labute approximate surface area is 112 Å². The van der Waals surface area contributed by atoms with Gasteiger partial charge in [0.05, 0.1) is 0 Å². The van der Waals surface area contributed by atoms with E-state index in [0.717, 1.165) is 19.3 Å². The molecule has 1 aliphatic carbocycles. The molecule has 1 fully saturated rings. The molecular formula is C16H28O2. The summed E-state index contributed by atoms with van der Waals surface area (Å²) in [6, 6.07) is 0. The third kappa shape index (κ3) is 4.83. The molecule has 0 bridgehead atoms. The predicted molar refractivity (Wildman–Crippen MR) is 75.5 cm³/mol. The number of ether oxygens (including phenoxy) is 1. The molecule has 0 N–H and O–H groups in total. The van der Waals surface area contributed by atoms with E-state index in [1.165, 1.54) is 44.9 Å². The van der Waals surface area contributed by atoms with Gasteiger partial charge in [-0.3, -0.25) is 0 Å². The van der Waals surface area contributed by atoms with E-state index in [0.29, 0.717) is 5.57 Å². The molecule has 104 valence electrons. The number of hydrogen-bond donors (Lipinski definition) is 0. The van der Waals surface area contributed by atoms with E-state index in [9.17, 15) is 4.79 Å². The molecule has 0 aromatic carbocycles. The summed E-state index contributed by atoms with van der Waals surface area (Å²) in [5.74, 6) is -0.201. The maximum Gasteiger partial charge on any atom is 0.333 e. The Morgan fingerprint density at radius 2 is 1.78 bits per heavy atom. The summed E-state index contributed by atoms with van der Waals surface area (Å²) in [5.41, 5.74) is 0.330. The largest absolute Gasteiger partial charge is 0.456 e. The molecular weight excluding hydrogens is 224 g/mol. The standard InChI is InChI=1S/C16H28O2/c1-4-5-8-11-16(18-15(17)14(2)3)12-9-6-7-10-13-16/h2,4-13H2,1,3H3. The Hall–Kier alpha value is -0.790. The van der Waals surface area contributed by atoms with Crippen LogP contribution in [0.2, 0.25) is 0 Å². The third-order valence-electron chi connectivity index (χ3n) is 3.91. The van der Waals surface area contributed by atoms with E-state index in [4.69, 9.17) is 4.74 Å². The number of esters is 1. The lowest BCUT2D eigenvalue weighted by atomic mass is 9.88. The van der Waals surface area contributed by atoms with Crippen LogP contribution in [0, 0.1) is 0 Å². The number of unbranched alkanes of at least 4 members (excludes halogenated alkanes) is 2. The van der Waals surface area contributed by atoms with Gasteiger partial charge in [-0.1, -0.05) is 39.2 Å². The molecule has 0 radical (unpaired) electrons. The molecule has 0 aromatic heterocycles. The van der Waals surface area contributed by atoms with Crippen LogP contribution in [0.3, 0.4) is 0 Å².